The molecule has 2 aromatic rings. The summed E-state index contributed by atoms with van der Waals surface area (Å²) in [7, 11) is 0. The van der Waals surface area contributed by atoms with E-state index in [0.717, 1.165) is 56.3 Å². The van der Waals surface area contributed by atoms with Crippen molar-refractivity contribution in [3.05, 3.63) is 70.2 Å². The predicted molar refractivity (Wildman–Crippen MR) is 109 cm³/mol. The summed E-state index contributed by atoms with van der Waals surface area (Å²) in [6.07, 6.45) is 0.909. The average molecular weight is 420 g/mol. The summed E-state index contributed by atoms with van der Waals surface area (Å²) < 4.78 is 26.6. The van der Waals surface area contributed by atoms with E-state index in [-0.39, 0.29) is 11.5 Å². The van der Waals surface area contributed by atoms with E-state index in [1.165, 1.54) is 11.6 Å². The number of carbonyl (C=O) groups is 1. The maximum absolute atomic E-state index is 13.4. The summed E-state index contributed by atoms with van der Waals surface area (Å²) >= 11 is 5.95. The normalized spacial score (nSPS) is 20.9. The summed E-state index contributed by atoms with van der Waals surface area (Å²) in [5.74, 6) is -2.14. The van der Waals surface area contributed by atoms with Gasteiger partial charge in [0, 0.05) is 62.4 Å². The fourth-order valence-corrected chi connectivity index (χ4v) is 4.30. The standard InChI is InChI=1S/C22H24ClF2N3O/c23-18-4-1-16(2-5-18)14-26-9-11-27(12-10-26)19-7-8-28(15-19)22(29)17-3-6-20(24)21(25)13-17/h1-6,13,19H,7-12,14-15H2/t19-/m0/s1. The second-order valence-electron chi connectivity index (χ2n) is 7.76. The second-order valence-corrected chi connectivity index (χ2v) is 8.20. The van der Waals surface area contributed by atoms with Crippen molar-refractivity contribution < 1.29 is 13.6 Å². The Balaban J connectivity index is 1.28. The quantitative estimate of drug-likeness (QED) is 0.756. The van der Waals surface area contributed by atoms with Crippen molar-refractivity contribution in [1.29, 1.82) is 0 Å². The van der Waals surface area contributed by atoms with Crippen LogP contribution in [0.5, 0.6) is 0 Å². The van der Waals surface area contributed by atoms with Crippen molar-refractivity contribution in [2.45, 2.75) is 19.0 Å². The van der Waals surface area contributed by atoms with Crippen molar-refractivity contribution in [3.63, 3.8) is 0 Å². The summed E-state index contributed by atoms with van der Waals surface area (Å²) in [5, 5.41) is 0.752. The van der Waals surface area contributed by atoms with Crippen LogP contribution in [0.15, 0.2) is 42.5 Å². The van der Waals surface area contributed by atoms with Crippen LogP contribution in [-0.4, -0.2) is 65.9 Å². The van der Waals surface area contributed by atoms with Gasteiger partial charge in [-0.15, -0.1) is 0 Å². The fraction of sp³-hybridized carbons (Fsp3) is 0.409. The molecule has 1 atom stereocenters. The number of hydrogen-bond donors (Lipinski definition) is 0. The molecule has 0 saturated carbocycles. The van der Waals surface area contributed by atoms with Gasteiger partial charge in [-0.3, -0.25) is 14.6 Å². The third kappa shape index (κ3) is 4.77. The molecular weight excluding hydrogens is 396 g/mol. The van der Waals surface area contributed by atoms with Gasteiger partial charge in [0.05, 0.1) is 0 Å². The molecule has 29 heavy (non-hydrogen) atoms. The number of rotatable bonds is 4. The van der Waals surface area contributed by atoms with E-state index >= 15 is 0 Å². The zero-order chi connectivity index (χ0) is 20.4. The first-order chi connectivity index (χ1) is 14.0. The van der Waals surface area contributed by atoms with Gasteiger partial charge in [-0.25, -0.2) is 8.78 Å². The molecular formula is C22H24ClF2N3O. The highest BCUT2D eigenvalue weighted by Gasteiger charge is 2.32. The molecule has 0 unspecified atom stereocenters. The molecule has 1 amide bonds. The van der Waals surface area contributed by atoms with E-state index < -0.39 is 11.6 Å². The Kier molecular flexibility index (Phi) is 6.13. The Morgan fingerprint density at radius 2 is 1.69 bits per heavy atom. The fourth-order valence-electron chi connectivity index (χ4n) is 4.17. The SMILES string of the molecule is O=C(c1ccc(F)c(F)c1)N1CC[C@H](N2CCN(Cc3ccc(Cl)cc3)CC2)C1. The van der Waals surface area contributed by atoms with Crippen LogP contribution in [0.25, 0.3) is 0 Å². The van der Waals surface area contributed by atoms with Gasteiger partial charge in [-0.2, -0.15) is 0 Å². The number of likely N-dealkylation sites (tertiary alicyclic amines) is 1. The number of nitrogens with zero attached hydrogens (tertiary/aromatic N) is 3. The Morgan fingerprint density at radius 1 is 0.966 bits per heavy atom. The van der Waals surface area contributed by atoms with E-state index in [1.54, 1.807) is 4.90 Å². The lowest BCUT2D eigenvalue weighted by atomic mass is 10.1. The number of halogens is 3. The van der Waals surface area contributed by atoms with Gasteiger partial charge >= 0.3 is 0 Å². The molecule has 0 aliphatic carbocycles. The molecule has 0 N–H and O–H groups in total. The van der Waals surface area contributed by atoms with Gasteiger partial charge < -0.3 is 4.90 Å². The second kappa shape index (κ2) is 8.78. The smallest absolute Gasteiger partial charge is 0.254 e. The molecule has 4 rings (SSSR count). The minimum Gasteiger partial charge on any atom is -0.337 e. The van der Waals surface area contributed by atoms with Gasteiger partial charge in [-0.1, -0.05) is 23.7 Å². The van der Waals surface area contributed by atoms with Crippen LogP contribution in [0.4, 0.5) is 8.78 Å². The van der Waals surface area contributed by atoms with Crippen molar-refractivity contribution in [2.24, 2.45) is 0 Å². The highest BCUT2D eigenvalue weighted by molar-refractivity contribution is 6.30. The van der Waals surface area contributed by atoms with Crippen LogP contribution in [0.1, 0.15) is 22.3 Å². The predicted octanol–water partition coefficient (Wildman–Crippen LogP) is 3.65. The van der Waals surface area contributed by atoms with Crippen LogP contribution in [0.3, 0.4) is 0 Å². The number of benzene rings is 2. The van der Waals surface area contributed by atoms with Crippen molar-refractivity contribution in [3.8, 4) is 0 Å². The van der Waals surface area contributed by atoms with Crippen molar-refractivity contribution in [2.75, 3.05) is 39.3 Å². The topological polar surface area (TPSA) is 26.8 Å². The minimum atomic E-state index is -0.983. The van der Waals surface area contributed by atoms with Crippen LogP contribution in [-0.2, 0) is 6.54 Å². The Hall–Kier alpha value is -2.02. The number of piperazine rings is 1. The van der Waals surface area contributed by atoms with E-state index in [4.69, 9.17) is 11.6 Å². The first kappa shape index (κ1) is 20.3. The summed E-state index contributed by atoms with van der Waals surface area (Å²) in [6.45, 7) is 6.09. The van der Waals surface area contributed by atoms with Gasteiger partial charge in [-0.05, 0) is 42.3 Å². The van der Waals surface area contributed by atoms with E-state index in [1.807, 2.05) is 12.1 Å². The number of carbonyl (C=O) groups excluding carboxylic acids is 1. The molecule has 0 bridgehead atoms. The molecule has 0 aromatic heterocycles. The van der Waals surface area contributed by atoms with Gasteiger partial charge in [0.15, 0.2) is 11.6 Å². The molecule has 4 nitrogen and oxygen atoms in total. The molecule has 2 aliphatic heterocycles. The average Bonchev–Trinajstić information content (AvgIpc) is 3.22. The van der Waals surface area contributed by atoms with Crippen LogP contribution < -0.4 is 0 Å². The lowest BCUT2D eigenvalue weighted by Crippen LogP contribution is -2.50. The van der Waals surface area contributed by atoms with E-state index in [0.29, 0.717) is 19.1 Å². The molecule has 2 aromatic carbocycles. The highest BCUT2D eigenvalue weighted by Crippen LogP contribution is 2.21. The van der Waals surface area contributed by atoms with Crippen LogP contribution >= 0.6 is 11.6 Å². The summed E-state index contributed by atoms with van der Waals surface area (Å²) in [4.78, 5) is 19.2. The largest absolute Gasteiger partial charge is 0.337 e. The summed E-state index contributed by atoms with van der Waals surface area (Å²) in [6, 6.07) is 11.6. The number of hydrogen-bond acceptors (Lipinski definition) is 3. The molecule has 2 aliphatic rings. The third-order valence-corrected chi connectivity index (χ3v) is 6.11. The number of amides is 1. The molecule has 154 valence electrons. The first-order valence-corrected chi connectivity index (χ1v) is 10.3. The Morgan fingerprint density at radius 3 is 2.38 bits per heavy atom. The zero-order valence-corrected chi connectivity index (χ0v) is 16.9. The van der Waals surface area contributed by atoms with Crippen molar-refractivity contribution >= 4 is 17.5 Å². The summed E-state index contributed by atoms with van der Waals surface area (Å²) in [5.41, 5.74) is 1.46. The van der Waals surface area contributed by atoms with Gasteiger partial charge in [0.1, 0.15) is 0 Å². The zero-order valence-electron chi connectivity index (χ0n) is 16.2. The van der Waals surface area contributed by atoms with Crippen LogP contribution in [0.2, 0.25) is 5.02 Å². The van der Waals surface area contributed by atoms with E-state index in [2.05, 4.69) is 21.9 Å². The van der Waals surface area contributed by atoms with E-state index in [9.17, 15) is 13.6 Å². The molecule has 7 heteroatoms. The monoisotopic (exact) mass is 419 g/mol. The first-order valence-electron chi connectivity index (χ1n) is 9.95. The molecule has 2 saturated heterocycles. The van der Waals surface area contributed by atoms with Gasteiger partial charge in [0.2, 0.25) is 0 Å². The molecule has 0 radical (unpaired) electrons. The maximum atomic E-state index is 13.4. The molecule has 2 heterocycles. The highest BCUT2D eigenvalue weighted by atomic mass is 35.5. The van der Waals surface area contributed by atoms with Gasteiger partial charge in [0.25, 0.3) is 5.91 Å². The molecule has 2 fully saturated rings. The Labute approximate surface area is 174 Å². The Bertz CT molecular complexity index is 869. The maximum Gasteiger partial charge on any atom is 0.254 e. The lowest BCUT2D eigenvalue weighted by molar-refractivity contribution is 0.0734. The minimum absolute atomic E-state index is 0.206. The molecule has 0 spiro atoms. The lowest BCUT2D eigenvalue weighted by Gasteiger charge is -2.38. The third-order valence-electron chi connectivity index (χ3n) is 5.86. The van der Waals surface area contributed by atoms with Crippen LogP contribution in [0, 0.1) is 11.6 Å². The van der Waals surface area contributed by atoms with Crippen molar-refractivity contribution in [1.82, 2.24) is 14.7 Å².